The van der Waals surface area contributed by atoms with Gasteiger partial charge in [0.2, 0.25) is 0 Å². The molecule has 0 aliphatic heterocycles. The van der Waals surface area contributed by atoms with E-state index in [1.807, 2.05) is 6.92 Å². The minimum Gasteiger partial charge on any atom is -0.379 e. The van der Waals surface area contributed by atoms with Gasteiger partial charge in [-0.2, -0.15) is 0 Å². The lowest BCUT2D eigenvalue weighted by molar-refractivity contribution is -0.0486. The Kier molecular flexibility index (Phi) is 7.36. The molecular formula is C18H31NO2. The second-order valence-corrected chi connectivity index (χ2v) is 6.64. The lowest BCUT2D eigenvalue weighted by Gasteiger charge is -2.28. The molecule has 3 nitrogen and oxygen atoms in total. The van der Waals surface area contributed by atoms with Crippen LogP contribution in [0.15, 0.2) is 24.3 Å². The van der Waals surface area contributed by atoms with Gasteiger partial charge in [-0.05, 0) is 47.1 Å². The lowest BCUT2D eigenvalue weighted by atomic mass is 10.0. The summed E-state index contributed by atoms with van der Waals surface area (Å²) in [5, 5.41) is 3.53. The van der Waals surface area contributed by atoms with Gasteiger partial charge in [-0.3, -0.25) is 0 Å². The smallest absolute Gasteiger partial charge is 0.0954 e. The third-order valence-corrected chi connectivity index (χ3v) is 3.22. The van der Waals surface area contributed by atoms with Crippen molar-refractivity contribution in [3.8, 4) is 0 Å². The molecule has 0 amide bonds. The van der Waals surface area contributed by atoms with Crippen LogP contribution in [0.25, 0.3) is 0 Å². The first-order valence-corrected chi connectivity index (χ1v) is 7.86. The van der Waals surface area contributed by atoms with E-state index in [1.54, 1.807) is 0 Å². The summed E-state index contributed by atoms with van der Waals surface area (Å²) < 4.78 is 11.6. The van der Waals surface area contributed by atoms with Crippen molar-refractivity contribution in [3.63, 3.8) is 0 Å². The van der Waals surface area contributed by atoms with Crippen LogP contribution in [0.2, 0.25) is 0 Å². The van der Waals surface area contributed by atoms with E-state index in [0.717, 1.165) is 13.2 Å². The third-order valence-electron chi connectivity index (χ3n) is 3.22. The third kappa shape index (κ3) is 7.60. The molecule has 2 unspecified atom stereocenters. The van der Waals surface area contributed by atoms with E-state index >= 15 is 0 Å². The Morgan fingerprint density at radius 3 is 2.29 bits per heavy atom. The Morgan fingerprint density at radius 2 is 1.76 bits per heavy atom. The van der Waals surface area contributed by atoms with E-state index in [0.29, 0.717) is 6.61 Å². The van der Waals surface area contributed by atoms with Gasteiger partial charge in [0.25, 0.3) is 0 Å². The number of ether oxygens (including phenoxy) is 2. The highest BCUT2D eigenvalue weighted by Crippen LogP contribution is 2.20. The maximum Gasteiger partial charge on any atom is 0.0954 e. The first-order chi connectivity index (χ1) is 9.81. The monoisotopic (exact) mass is 293 g/mol. The largest absolute Gasteiger partial charge is 0.379 e. The van der Waals surface area contributed by atoms with Crippen molar-refractivity contribution in [3.05, 3.63) is 35.4 Å². The van der Waals surface area contributed by atoms with Crippen LogP contribution in [0.4, 0.5) is 0 Å². The van der Waals surface area contributed by atoms with Crippen molar-refractivity contribution >= 4 is 0 Å². The Labute approximate surface area is 130 Å². The lowest BCUT2D eigenvalue weighted by Crippen LogP contribution is -2.39. The summed E-state index contributed by atoms with van der Waals surface area (Å²) in [5.41, 5.74) is 2.56. The van der Waals surface area contributed by atoms with Gasteiger partial charge in [-0.25, -0.2) is 0 Å². The molecule has 3 heteroatoms. The molecule has 0 saturated heterocycles. The zero-order valence-corrected chi connectivity index (χ0v) is 14.4. The summed E-state index contributed by atoms with van der Waals surface area (Å²) in [6, 6.07) is 8.57. The SMILES string of the molecule is CCOCC(C)OC(CNC(C)(C)C)c1ccc(C)cc1. The summed E-state index contributed by atoms with van der Waals surface area (Å²) >= 11 is 0. The van der Waals surface area contributed by atoms with Crippen molar-refractivity contribution in [2.75, 3.05) is 19.8 Å². The molecule has 0 aliphatic carbocycles. The first-order valence-electron chi connectivity index (χ1n) is 7.86. The topological polar surface area (TPSA) is 30.5 Å². The van der Waals surface area contributed by atoms with Gasteiger partial charge < -0.3 is 14.8 Å². The fraction of sp³-hybridized carbons (Fsp3) is 0.667. The van der Waals surface area contributed by atoms with Gasteiger partial charge in [0.15, 0.2) is 0 Å². The standard InChI is InChI=1S/C18H31NO2/c1-7-20-13-15(3)21-17(12-19-18(4,5)6)16-10-8-14(2)9-11-16/h8-11,15,17,19H,7,12-13H2,1-6H3. The summed E-state index contributed by atoms with van der Waals surface area (Å²) in [6.07, 6.45) is 0.123. The van der Waals surface area contributed by atoms with E-state index in [-0.39, 0.29) is 17.7 Å². The average Bonchev–Trinajstić information content (AvgIpc) is 2.41. The summed E-state index contributed by atoms with van der Waals surface area (Å²) in [5.74, 6) is 0. The van der Waals surface area contributed by atoms with E-state index in [2.05, 4.69) is 64.2 Å². The molecular weight excluding hydrogens is 262 g/mol. The summed E-state index contributed by atoms with van der Waals surface area (Å²) in [6.45, 7) is 14.8. The average molecular weight is 293 g/mol. The number of hydrogen-bond acceptors (Lipinski definition) is 3. The van der Waals surface area contributed by atoms with Crippen molar-refractivity contribution in [2.45, 2.75) is 59.3 Å². The van der Waals surface area contributed by atoms with Crippen LogP contribution in [-0.2, 0) is 9.47 Å². The Hall–Kier alpha value is -0.900. The van der Waals surface area contributed by atoms with Crippen LogP contribution in [0.5, 0.6) is 0 Å². The maximum atomic E-state index is 6.19. The summed E-state index contributed by atoms with van der Waals surface area (Å²) in [7, 11) is 0. The second-order valence-electron chi connectivity index (χ2n) is 6.64. The number of benzene rings is 1. The molecule has 0 fully saturated rings. The van der Waals surface area contributed by atoms with Crippen LogP contribution in [0.3, 0.4) is 0 Å². The molecule has 1 N–H and O–H groups in total. The highest BCUT2D eigenvalue weighted by atomic mass is 16.5. The van der Waals surface area contributed by atoms with Crippen LogP contribution in [0, 0.1) is 6.92 Å². The Balaban J connectivity index is 2.71. The Morgan fingerprint density at radius 1 is 1.14 bits per heavy atom. The fourth-order valence-corrected chi connectivity index (χ4v) is 2.03. The minimum absolute atomic E-state index is 0.0419. The second kappa shape index (κ2) is 8.52. The van der Waals surface area contributed by atoms with E-state index in [4.69, 9.17) is 9.47 Å². The molecule has 1 aromatic rings. The van der Waals surface area contributed by atoms with Crippen LogP contribution < -0.4 is 5.32 Å². The zero-order chi connectivity index (χ0) is 15.9. The molecule has 0 aliphatic rings. The van der Waals surface area contributed by atoms with Crippen molar-refractivity contribution in [1.29, 1.82) is 0 Å². The molecule has 0 heterocycles. The van der Waals surface area contributed by atoms with Crippen LogP contribution >= 0.6 is 0 Å². The van der Waals surface area contributed by atoms with Crippen molar-refractivity contribution in [1.82, 2.24) is 5.32 Å². The number of nitrogens with one attached hydrogen (secondary N) is 1. The molecule has 2 atom stereocenters. The first kappa shape index (κ1) is 18.1. The van der Waals surface area contributed by atoms with Gasteiger partial charge in [-0.15, -0.1) is 0 Å². The maximum absolute atomic E-state index is 6.19. The predicted molar refractivity (Wildman–Crippen MR) is 88.7 cm³/mol. The molecule has 1 rings (SSSR count). The summed E-state index contributed by atoms with van der Waals surface area (Å²) in [4.78, 5) is 0. The zero-order valence-electron chi connectivity index (χ0n) is 14.4. The van der Waals surface area contributed by atoms with Crippen LogP contribution in [-0.4, -0.2) is 31.4 Å². The normalized spacial score (nSPS) is 15.0. The molecule has 0 radical (unpaired) electrons. The number of hydrogen-bond donors (Lipinski definition) is 1. The van der Waals surface area contributed by atoms with E-state index in [1.165, 1.54) is 11.1 Å². The highest BCUT2D eigenvalue weighted by molar-refractivity contribution is 5.23. The van der Waals surface area contributed by atoms with Gasteiger partial charge in [0.1, 0.15) is 0 Å². The quantitative estimate of drug-likeness (QED) is 0.789. The number of rotatable bonds is 8. The fourth-order valence-electron chi connectivity index (χ4n) is 2.03. The van der Waals surface area contributed by atoms with Crippen molar-refractivity contribution in [2.24, 2.45) is 0 Å². The number of aryl methyl sites for hydroxylation is 1. The van der Waals surface area contributed by atoms with E-state index < -0.39 is 0 Å². The predicted octanol–water partition coefficient (Wildman–Crippen LogP) is 3.87. The molecule has 0 bridgehead atoms. The molecule has 0 saturated carbocycles. The molecule has 21 heavy (non-hydrogen) atoms. The Bertz CT molecular complexity index is 395. The van der Waals surface area contributed by atoms with Gasteiger partial charge >= 0.3 is 0 Å². The van der Waals surface area contributed by atoms with Crippen molar-refractivity contribution < 1.29 is 9.47 Å². The van der Waals surface area contributed by atoms with Gasteiger partial charge in [-0.1, -0.05) is 29.8 Å². The molecule has 1 aromatic carbocycles. The van der Waals surface area contributed by atoms with Crippen LogP contribution in [0.1, 0.15) is 51.8 Å². The minimum atomic E-state index is 0.0419. The molecule has 120 valence electrons. The van der Waals surface area contributed by atoms with Gasteiger partial charge in [0, 0.05) is 18.7 Å². The van der Waals surface area contributed by atoms with Gasteiger partial charge in [0.05, 0.1) is 18.8 Å². The molecule has 0 spiro atoms. The molecule has 0 aromatic heterocycles. The van der Waals surface area contributed by atoms with E-state index in [9.17, 15) is 0 Å². The highest BCUT2D eigenvalue weighted by Gasteiger charge is 2.19.